The Balaban J connectivity index is 1.61. The Kier molecular flexibility index (Phi) is 5.35. The number of imidazole rings is 1. The highest BCUT2D eigenvalue weighted by atomic mass is 35.5. The van der Waals surface area contributed by atoms with E-state index in [0.717, 1.165) is 21.6 Å². The molecule has 0 aliphatic heterocycles. The summed E-state index contributed by atoms with van der Waals surface area (Å²) in [5.41, 5.74) is 2.87. The molecule has 2 aromatic carbocycles. The molecule has 0 amide bonds. The standard InChI is InChI=1S/C20H17ClN2O4S2/c1-13(16-4-2-3-5-17(16)21)27-15-9-20(28-10-15)23-12-22-18-7-6-14(8-19(18)23)11-29(24,25)26/h2-10,12-13H,11H2,1H3,(H,24,25,26)/t13-/m1/s1. The first kappa shape index (κ1) is 19.9. The first-order valence-corrected chi connectivity index (χ1v) is 11.6. The highest BCUT2D eigenvalue weighted by molar-refractivity contribution is 7.85. The molecule has 0 unspecified atom stereocenters. The molecular weight excluding hydrogens is 432 g/mol. The number of benzene rings is 2. The fourth-order valence-corrected chi connectivity index (χ4v) is 4.79. The highest BCUT2D eigenvalue weighted by Crippen LogP contribution is 2.32. The molecule has 1 N–H and O–H groups in total. The SMILES string of the molecule is C[C@@H](Oc1csc(-n2cnc3ccc(CS(=O)(=O)O)cc32)c1)c1ccccc1Cl. The molecule has 0 bridgehead atoms. The molecule has 0 saturated heterocycles. The van der Waals surface area contributed by atoms with Crippen LogP contribution in [0.15, 0.2) is 60.2 Å². The molecule has 29 heavy (non-hydrogen) atoms. The Morgan fingerprint density at radius 3 is 2.79 bits per heavy atom. The van der Waals surface area contributed by atoms with Crippen molar-refractivity contribution in [2.24, 2.45) is 0 Å². The van der Waals surface area contributed by atoms with Crippen molar-refractivity contribution >= 4 is 44.1 Å². The van der Waals surface area contributed by atoms with Crippen LogP contribution < -0.4 is 4.74 Å². The van der Waals surface area contributed by atoms with Crippen LogP contribution in [0.2, 0.25) is 5.02 Å². The van der Waals surface area contributed by atoms with Crippen molar-refractivity contribution in [3.05, 3.63) is 76.4 Å². The molecule has 0 fully saturated rings. The fourth-order valence-electron chi connectivity index (χ4n) is 3.10. The minimum absolute atomic E-state index is 0.216. The predicted molar refractivity (Wildman–Crippen MR) is 115 cm³/mol. The summed E-state index contributed by atoms with van der Waals surface area (Å²) in [7, 11) is -4.10. The average molecular weight is 449 g/mol. The lowest BCUT2D eigenvalue weighted by Crippen LogP contribution is -2.03. The lowest BCUT2D eigenvalue weighted by Gasteiger charge is -2.15. The van der Waals surface area contributed by atoms with Crippen LogP contribution in [0.5, 0.6) is 5.75 Å². The molecule has 150 valence electrons. The molecule has 4 rings (SSSR count). The van der Waals surface area contributed by atoms with E-state index in [9.17, 15) is 8.42 Å². The summed E-state index contributed by atoms with van der Waals surface area (Å²) in [6.07, 6.45) is 1.46. The predicted octanol–water partition coefficient (Wildman–Crippen LogP) is 5.27. The fraction of sp³-hybridized carbons (Fsp3) is 0.150. The highest BCUT2D eigenvalue weighted by Gasteiger charge is 2.14. The summed E-state index contributed by atoms with van der Waals surface area (Å²) in [4.78, 5) is 4.36. The summed E-state index contributed by atoms with van der Waals surface area (Å²) in [5, 5.41) is 3.43. The van der Waals surface area contributed by atoms with Crippen LogP contribution >= 0.6 is 22.9 Å². The third-order valence-corrected chi connectivity index (χ3v) is 6.36. The van der Waals surface area contributed by atoms with Crippen LogP contribution in [-0.2, 0) is 15.9 Å². The number of ether oxygens (including phenoxy) is 1. The lowest BCUT2D eigenvalue weighted by molar-refractivity contribution is 0.228. The first-order valence-electron chi connectivity index (χ1n) is 8.71. The number of hydrogen-bond acceptors (Lipinski definition) is 5. The zero-order valence-electron chi connectivity index (χ0n) is 15.3. The molecule has 0 radical (unpaired) electrons. The molecule has 0 aliphatic rings. The third-order valence-electron chi connectivity index (χ3n) is 4.42. The van der Waals surface area contributed by atoms with Gasteiger partial charge in [0, 0.05) is 22.0 Å². The van der Waals surface area contributed by atoms with Gasteiger partial charge in [-0.1, -0.05) is 35.9 Å². The van der Waals surface area contributed by atoms with E-state index in [1.807, 2.05) is 47.2 Å². The van der Waals surface area contributed by atoms with Crippen molar-refractivity contribution in [1.82, 2.24) is 9.55 Å². The quantitative estimate of drug-likeness (QED) is 0.406. The first-order chi connectivity index (χ1) is 13.8. The Bertz CT molecular complexity index is 1280. The molecule has 2 aromatic heterocycles. The van der Waals surface area contributed by atoms with Gasteiger partial charge in [0.15, 0.2) is 0 Å². The Morgan fingerprint density at radius 1 is 1.24 bits per heavy atom. The summed E-state index contributed by atoms with van der Waals surface area (Å²) < 4.78 is 39.4. The van der Waals surface area contributed by atoms with E-state index in [0.29, 0.717) is 16.3 Å². The van der Waals surface area contributed by atoms with Crippen LogP contribution in [0, 0.1) is 0 Å². The van der Waals surface area contributed by atoms with Crippen molar-refractivity contribution in [2.75, 3.05) is 0 Å². The van der Waals surface area contributed by atoms with Crippen molar-refractivity contribution in [3.63, 3.8) is 0 Å². The molecule has 0 aliphatic carbocycles. The van der Waals surface area contributed by atoms with Crippen molar-refractivity contribution in [2.45, 2.75) is 18.8 Å². The molecule has 2 heterocycles. The number of thiophene rings is 1. The number of fused-ring (bicyclic) bond motifs is 1. The second kappa shape index (κ2) is 7.79. The molecule has 4 aromatic rings. The van der Waals surface area contributed by atoms with Crippen molar-refractivity contribution in [3.8, 4) is 10.8 Å². The maximum atomic E-state index is 11.2. The van der Waals surface area contributed by atoms with Gasteiger partial charge in [-0.25, -0.2) is 4.98 Å². The van der Waals surface area contributed by atoms with Crippen LogP contribution in [0.4, 0.5) is 0 Å². The van der Waals surface area contributed by atoms with E-state index < -0.39 is 15.9 Å². The number of nitrogens with zero attached hydrogens (tertiary/aromatic N) is 2. The van der Waals surface area contributed by atoms with Gasteiger partial charge in [-0.15, -0.1) is 11.3 Å². The van der Waals surface area contributed by atoms with E-state index in [4.69, 9.17) is 20.9 Å². The molecule has 6 nitrogen and oxygen atoms in total. The summed E-state index contributed by atoms with van der Waals surface area (Å²) in [6, 6.07) is 14.5. The third kappa shape index (κ3) is 4.45. The maximum Gasteiger partial charge on any atom is 0.269 e. The minimum atomic E-state index is -4.10. The van der Waals surface area contributed by atoms with Gasteiger partial charge in [0.2, 0.25) is 0 Å². The number of halogens is 1. The lowest BCUT2D eigenvalue weighted by atomic mass is 10.1. The molecular formula is C20H17ClN2O4S2. The number of aromatic nitrogens is 2. The Morgan fingerprint density at radius 2 is 2.03 bits per heavy atom. The maximum absolute atomic E-state index is 11.2. The Hall–Kier alpha value is -2.39. The monoisotopic (exact) mass is 448 g/mol. The van der Waals surface area contributed by atoms with Gasteiger partial charge in [0.1, 0.15) is 28.9 Å². The minimum Gasteiger partial charge on any atom is -0.485 e. The second-order valence-electron chi connectivity index (χ2n) is 6.57. The van der Waals surface area contributed by atoms with Crippen LogP contribution in [-0.4, -0.2) is 22.5 Å². The number of hydrogen-bond donors (Lipinski definition) is 1. The van der Waals surface area contributed by atoms with Gasteiger partial charge in [-0.3, -0.25) is 9.12 Å². The van der Waals surface area contributed by atoms with Crippen molar-refractivity contribution < 1.29 is 17.7 Å². The van der Waals surface area contributed by atoms with Gasteiger partial charge in [-0.05, 0) is 30.7 Å². The van der Waals surface area contributed by atoms with E-state index in [2.05, 4.69) is 4.98 Å². The molecule has 1 atom stereocenters. The van der Waals surface area contributed by atoms with Crippen LogP contribution in [0.1, 0.15) is 24.2 Å². The largest absolute Gasteiger partial charge is 0.485 e. The topological polar surface area (TPSA) is 81.4 Å². The summed E-state index contributed by atoms with van der Waals surface area (Å²) >= 11 is 7.73. The average Bonchev–Trinajstić information content (AvgIpc) is 3.27. The van der Waals surface area contributed by atoms with E-state index in [-0.39, 0.29) is 6.10 Å². The van der Waals surface area contributed by atoms with E-state index in [1.165, 1.54) is 11.3 Å². The zero-order chi connectivity index (χ0) is 20.6. The second-order valence-corrected chi connectivity index (χ2v) is 9.32. The van der Waals surface area contributed by atoms with Crippen LogP contribution in [0.25, 0.3) is 16.0 Å². The van der Waals surface area contributed by atoms with Crippen molar-refractivity contribution in [1.29, 1.82) is 0 Å². The van der Waals surface area contributed by atoms with Gasteiger partial charge in [0.25, 0.3) is 10.1 Å². The summed E-state index contributed by atoms with van der Waals surface area (Å²) in [5.74, 6) is 0.260. The number of rotatable bonds is 6. The van der Waals surface area contributed by atoms with Gasteiger partial charge in [-0.2, -0.15) is 8.42 Å². The van der Waals surface area contributed by atoms with Crippen LogP contribution in [0.3, 0.4) is 0 Å². The van der Waals surface area contributed by atoms with Gasteiger partial charge in [0.05, 0.1) is 11.0 Å². The molecule has 0 spiro atoms. The molecule has 0 saturated carbocycles. The zero-order valence-corrected chi connectivity index (χ0v) is 17.7. The van der Waals surface area contributed by atoms with E-state index in [1.54, 1.807) is 24.5 Å². The van der Waals surface area contributed by atoms with E-state index >= 15 is 0 Å². The summed E-state index contributed by atoms with van der Waals surface area (Å²) in [6.45, 7) is 1.94. The molecule has 9 heteroatoms. The Labute approximate surface area is 177 Å². The van der Waals surface area contributed by atoms with Gasteiger partial charge >= 0.3 is 0 Å². The smallest absolute Gasteiger partial charge is 0.269 e. The van der Waals surface area contributed by atoms with Gasteiger partial charge < -0.3 is 4.74 Å². The normalized spacial score (nSPS) is 12.9.